The Kier molecular flexibility index (Phi) is 9.34. The molecule has 2 aromatic carbocycles. The minimum atomic E-state index is -1.20. The molecule has 3 aromatic rings. The minimum Gasteiger partial charge on any atom is -0.497 e. The van der Waals surface area contributed by atoms with Crippen LogP contribution >= 0.6 is 35.0 Å². The first-order chi connectivity index (χ1) is 17.4. The lowest BCUT2D eigenvalue weighted by atomic mass is 9.81. The van der Waals surface area contributed by atoms with Crippen molar-refractivity contribution in [2.75, 3.05) is 32.5 Å². The van der Waals surface area contributed by atoms with Crippen molar-refractivity contribution in [3.8, 4) is 5.75 Å². The van der Waals surface area contributed by atoms with Gasteiger partial charge < -0.3 is 14.7 Å². The van der Waals surface area contributed by atoms with E-state index in [4.69, 9.17) is 27.9 Å². The number of carbonyl (C=O) groups is 1. The normalized spacial score (nSPS) is 19.3. The van der Waals surface area contributed by atoms with Crippen molar-refractivity contribution in [2.45, 2.75) is 30.3 Å². The third-order valence-electron chi connectivity index (χ3n) is 6.85. The van der Waals surface area contributed by atoms with E-state index in [0.29, 0.717) is 39.8 Å². The van der Waals surface area contributed by atoms with Crippen LogP contribution in [0.1, 0.15) is 31.0 Å². The summed E-state index contributed by atoms with van der Waals surface area (Å²) in [6.45, 7) is 2.02. The van der Waals surface area contributed by atoms with Crippen molar-refractivity contribution in [1.82, 2.24) is 9.88 Å². The van der Waals surface area contributed by atoms with Gasteiger partial charge in [-0.05, 0) is 73.7 Å². The molecular formula is C27H29Cl2FN2O3S. The number of ether oxygens (including phenoxy) is 1. The Bertz CT molecular complexity index is 1210. The van der Waals surface area contributed by atoms with Crippen LogP contribution in [-0.4, -0.2) is 53.5 Å². The van der Waals surface area contributed by atoms with Gasteiger partial charge in [0.15, 0.2) is 0 Å². The highest BCUT2D eigenvalue weighted by Crippen LogP contribution is 2.36. The van der Waals surface area contributed by atoms with Gasteiger partial charge in [0.05, 0.1) is 28.6 Å². The summed E-state index contributed by atoms with van der Waals surface area (Å²) in [4.78, 5) is 19.5. The van der Waals surface area contributed by atoms with Crippen molar-refractivity contribution in [3.63, 3.8) is 0 Å². The molecule has 1 aliphatic heterocycles. The molecule has 1 aliphatic rings. The van der Waals surface area contributed by atoms with Crippen LogP contribution in [0.4, 0.5) is 4.39 Å². The number of thioether (sulfide) groups is 1. The molecule has 192 valence electrons. The summed E-state index contributed by atoms with van der Waals surface area (Å²) in [6.07, 6.45) is 1.94. The molecule has 4 rings (SSSR count). The van der Waals surface area contributed by atoms with Gasteiger partial charge >= 0.3 is 5.97 Å². The summed E-state index contributed by atoms with van der Waals surface area (Å²) in [5.41, 5.74) is 1.28. The quantitative estimate of drug-likeness (QED) is 0.270. The molecule has 1 fully saturated rings. The summed E-state index contributed by atoms with van der Waals surface area (Å²) >= 11 is 14.0. The van der Waals surface area contributed by atoms with E-state index in [9.17, 15) is 9.90 Å². The highest BCUT2D eigenvalue weighted by molar-refractivity contribution is 7.99. The average molecular weight is 552 g/mol. The lowest BCUT2D eigenvalue weighted by molar-refractivity contribution is -0.146. The molecule has 0 saturated carbocycles. The predicted octanol–water partition coefficient (Wildman–Crippen LogP) is 7.16. The van der Waals surface area contributed by atoms with E-state index in [1.54, 1.807) is 49.3 Å². The van der Waals surface area contributed by atoms with Gasteiger partial charge in [-0.2, -0.15) is 0 Å². The van der Waals surface area contributed by atoms with Crippen molar-refractivity contribution in [3.05, 3.63) is 64.3 Å². The number of hydrogen-bond acceptors (Lipinski definition) is 5. The van der Waals surface area contributed by atoms with Gasteiger partial charge in [-0.1, -0.05) is 29.3 Å². The standard InChI is InChI=1S/C27H29Cl2FN2O3S/c1-35-18-6-8-24-20(15-18)19(9-11-31-24)23(30)7-5-17-10-12-32(16-21(17)27(33)34)13-14-36-25-4-2-3-22(28)26(25)29/h2-4,6,8-9,11,15,17,21,23H,5,7,10,12-14,16H2,1H3,(H,33,34)/t17-,21+,23+/m1/s1. The number of methoxy groups -OCH3 is 1. The van der Waals surface area contributed by atoms with Crippen LogP contribution in [-0.2, 0) is 4.79 Å². The second-order valence-corrected chi connectivity index (χ2v) is 10.9. The molecular weight excluding hydrogens is 522 g/mol. The van der Waals surface area contributed by atoms with Gasteiger partial charge in [0.25, 0.3) is 0 Å². The fourth-order valence-corrected chi connectivity index (χ4v) is 6.34. The highest BCUT2D eigenvalue weighted by atomic mass is 35.5. The van der Waals surface area contributed by atoms with Crippen molar-refractivity contribution >= 4 is 51.8 Å². The van der Waals surface area contributed by atoms with Gasteiger partial charge in [0.1, 0.15) is 11.9 Å². The number of likely N-dealkylation sites (tertiary alicyclic amines) is 1. The van der Waals surface area contributed by atoms with Crippen molar-refractivity contribution in [2.24, 2.45) is 11.8 Å². The number of aliphatic carboxylic acids is 1. The number of piperidine rings is 1. The van der Waals surface area contributed by atoms with Crippen LogP contribution < -0.4 is 4.74 Å². The van der Waals surface area contributed by atoms with Gasteiger partial charge in [-0.25, -0.2) is 4.39 Å². The molecule has 1 aromatic heterocycles. The minimum absolute atomic E-state index is 0.0605. The fraction of sp³-hybridized carbons (Fsp3) is 0.407. The van der Waals surface area contributed by atoms with Gasteiger partial charge in [0.2, 0.25) is 0 Å². The lowest BCUT2D eigenvalue weighted by Gasteiger charge is -2.36. The van der Waals surface area contributed by atoms with Crippen LogP contribution in [0.2, 0.25) is 10.0 Å². The van der Waals surface area contributed by atoms with Crippen LogP contribution in [0.3, 0.4) is 0 Å². The third-order valence-corrected chi connectivity index (χ3v) is 8.82. The zero-order chi connectivity index (χ0) is 25.7. The number of pyridine rings is 1. The van der Waals surface area contributed by atoms with Crippen molar-refractivity contribution in [1.29, 1.82) is 0 Å². The van der Waals surface area contributed by atoms with Gasteiger partial charge in [-0.3, -0.25) is 9.78 Å². The molecule has 36 heavy (non-hydrogen) atoms. The zero-order valence-electron chi connectivity index (χ0n) is 20.0. The maximum atomic E-state index is 15.4. The molecule has 0 radical (unpaired) electrons. The van der Waals surface area contributed by atoms with E-state index < -0.39 is 18.1 Å². The van der Waals surface area contributed by atoms with Crippen LogP contribution in [0.15, 0.2) is 53.6 Å². The smallest absolute Gasteiger partial charge is 0.308 e. The molecule has 0 amide bonds. The van der Waals surface area contributed by atoms with E-state index in [1.165, 1.54) is 0 Å². The monoisotopic (exact) mass is 550 g/mol. The number of hydrogen-bond donors (Lipinski definition) is 1. The summed E-state index contributed by atoms with van der Waals surface area (Å²) < 4.78 is 20.7. The van der Waals surface area contributed by atoms with E-state index >= 15 is 4.39 Å². The Hall–Kier alpha value is -2.06. The number of fused-ring (bicyclic) bond motifs is 1. The lowest BCUT2D eigenvalue weighted by Crippen LogP contribution is -2.44. The topological polar surface area (TPSA) is 62.7 Å². The molecule has 9 heteroatoms. The van der Waals surface area contributed by atoms with E-state index in [0.717, 1.165) is 35.5 Å². The molecule has 5 nitrogen and oxygen atoms in total. The molecule has 0 bridgehead atoms. The number of halogens is 3. The SMILES string of the molecule is COc1ccc2nccc([C@@H](F)CC[C@@H]3CCN(CCSc4cccc(Cl)c4Cl)C[C@@H]3C(=O)O)c2c1. The number of carboxylic acids is 1. The first kappa shape index (κ1) is 27.0. The van der Waals surface area contributed by atoms with Gasteiger partial charge in [-0.15, -0.1) is 11.8 Å². The summed E-state index contributed by atoms with van der Waals surface area (Å²) in [6, 6.07) is 12.7. The molecule has 0 spiro atoms. The molecule has 0 aliphatic carbocycles. The molecule has 1 N–H and O–H groups in total. The van der Waals surface area contributed by atoms with Gasteiger partial charge in [0, 0.05) is 35.3 Å². The van der Waals surface area contributed by atoms with E-state index in [-0.39, 0.29) is 12.3 Å². The number of aromatic nitrogens is 1. The first-order valence-electron chi connectivity index (χ1n) is 12.0. The van der Waals surface area contributed by atoms with E-state index in [2.05, 4.69) is 9.88 Å². The van der Waals surface area contributed by atoms with Crippen LogP contribution in [0.5, 0.6) is 5.75 Å². The maximum absolute atomic E-state index is 15.4. The first-order valence-corrected chi connectivity index (χ1v) is 13.7. The van der Waals surface area contributed by atoms with Crippen molar-refractivity contribution < 1.29 is 19.0 Å². The third kappa shape index (κ3) is 6.43. The molecule has 0 unspecified atom stereocenters. The largest absolute Gasteiger partial charge is 0.497 e. The Morgan fingerprint density at radius 1 is 1.31 bits per heavy atom. The molecule has 1 saturated heterocycles. The number of nitrogens with zero attached hydrogens (tertiary/aromatic N) is 2. The fourth-order valence-electron chi connectivity index (χ4n) is 4.84. The molecule has 3 atom stereocenters. The van der Waals surface area contributed by atoms with E-state index in [1.807, 2.05) is 18.2 Å². The number of benzene rings is 2. The number of alkyl halides is 1. The second-order valence-electron chi connectivity index (χ2n) is 9.02. The summed E-state index contributed by atoms with van der Waals surface area (Å²) in [5.74, 6) is 0.0415. The predicted molar refractivity (Wildman–Crippen MR) is 144 cm³/mol. The maximum Gasteiger partial charge on any atom is 0.308 e. The second kappa shape index (κ2) is 12.5. The summed E-state index contributed by atoms with van der Waals surface area (Å²) in [7, 11) is 1.58. The Morgan fingerprint density at radius 2 is 2.14 bits per heavy atom. The highest BCUT2D eigenvalue weighted by Gasteiger charge is 2.34. The Labute approximate surface area is 224 Å². The Balaban J connectivity index is 1.33. The van der Waals surface area contributed by atoms with Crippen LogP contribution in [0, 0.1) is 11.8 Å². The summed E-state index contributed by atoms with van der Waals surface area (Å²) in [5, 5.41) is 11.7. The number of carboxylic acid groups (broad SMARTS) is 1. The molecule has 2 heterocycles. The zero-order valence-corrected chi connectivity index (χ0v) is 22.3. The Morgan fingerprint density at radius 3 is 2.92 bits per heavy atom. The number of rotatable bonds is 10. The average Bonchev–Trinajstić information content (AvgIpc) is 2.89. The van der Waals surface area contributed by atoms with Crippen LogP contribution in [0.25, 0.3) is 10.9 Å².